The van der Waals surface area contributed by atoms with Crippen molar-refractivity contribution in [1.82, 2.24) is 0 Å². The zero-order valence-corrected chi connectivity index (χ0v) is 51.9. The highest BCUT2D eigenvalue weighted by atomic mass is 31.2. The van der Waals surface area contributed by atoms with E-state index in [4.69, 9.17) is 37.0 Å². The van der Waals surface area contributed by atoms with Crippen molar-refractivity contribution in [2.24, 2.45) is 17.8 Å². The number of unbranched alkanes of at least 4 members (excludes halogenated alkanes) is 25. The van der Waals surface area contributed by atoms with Crippen LogP contribution in [0.3, 0.4) is 0 Å². The molecule has 0 aliphatic rings. The summed E-state index contributed by atoms with van der Waals surface area (Å²) < 4.78 is 67.7. The normalized spacial score (nSPS) is 14.5. The molecule has 0 aromatic rings. The molecule has 0 saturated carbocycles. The Labute approximate surface area is 473 Å². The van der Waals surface area contributed by atoms with Crippen LogP contribution in [-0.4, -0.2) is 96.7 Å². The number of phosphoric ester groups is 2. The lowest BCUT2D eigenvalue weighted by molar-refractivity contribution is -0.161. The van der Waals surface area contributed by atoms with Crippen molar-refractivity contribution >= 4 is 39.5 Å². The van der Waals surface area contributed by atoms with Crippen LogP contribution < -0.4 is 0 Å². The Bertz CT molecular complexity index is 1560. The van der Waals surface area contributed by atoms with Crippen LogP contribution in [0.15, 0.2) is 0 Å². The summed E-state index contributed by atoms with van der Waals surface area (Å²) in [6, 6.07) is 0. The van der Waals surface area contributed by atoms with E-state index < -0.39 is 97.5 Å². The molecular formula is C59H114O17P2. The predicted molar refractivity (Wildman–Crippen MR) is 308 cm³/mol. The molecule has 19 heteroatoms. The molecule has 462 valence electrons. The fraction of sp³-hybridized carbons (Fsp3) is 0.932. The van der Waals surface area contributed by atoms with Crippen molar-refractivity contribution in [2.45, 2.75) is 298 Å². The molecule has 0 spiro atoms. The van der Waals surface area contributed by atoms with Crippen LogP contribution in [0.1, 0.15) is 280 Å². The predicted octanol–water partition coefficient (Wildman–Crippen LogP) is 15.6. The molecule has 78 heavy (non-hydrogen) atoms. The van der Waals surface area contributed by atoms with Gasteiger partial charge in [0.15, 0.2) is 12.2 Å². The molecule has 0 aliphatic heterocycles. The minimum atomic E-state index is -4.94. The summed E-state index contributed by atoms with van der Waals surface area (Å²) in [6.07, 6.45) is 29.7. The summed E-state index contributed by atoms with van der Waals surface area (Å²) in [4.78, 5) is 71.8. The number of esters is 4. The molecule has 0 heterocycles. The van der Waals surface area contributed by atoms with E-state index >= 15 is 0 Å². The highest BCUT2D eigenvalue weighted by Gasteiger charge is 2.30. The molecule has 2 unspecified atom stereocenters. The standard InChI is InChI=1S/C59H114O17P2/c1-8-9-10-11-12-13-17-26-33-40-56(61)69-46-55(76-59(64)43-36-29-22-20-25-32-39-52(6)7)49-74-78(67,68)72-45-53(60)44-71-77(65,66)73-48-54(47-70-57(62)41-34-27-21-19-24-31-38-51(4)5)75-58(63)42-35-28-18-15-14-16-23-30-37-50(2)3/h50-55,60H,8-49H2,1-7H3,(H,65,66)(H,67,68)/t53-,54-,55-/m1/s1. The van der Waals surface area contributed by atoms with Gasteiger partial charge in [-0.3, -0.25) is 37.3 Å². The molecule has 0 bridgehead atoms. The maximum Gasteiger partial charge on any atom is 0.472 e. The van der Waals surface area contributed by atoms with Crippen LogP contribution in [0, 0.1) is 17.8 Å². The third-order valence-electron chi connectivity index (χ3n) is 13.4. The summed E-state index contributed by atoms with van der Waals surface area (Å²) in [7, 11) is -9.87. The minimum absolute atomic E-state index is 0.101. The smallest absolute Gasteiger partial charge is 0.462 e. The van der Waals surface area contributed by atoms with Gasteiger partial charge in [0.25, 0.3) is 0 Å². The van der Waals surface area contributed by atoms with Gasteiger partial charge in [0, 0.05) is 25.7 Å². The second kappa shape index (κ2) is 50.8. The second-order valence-electron chi connectivity index (χ2n) is 22.8. The molecular weight excluding hydrogens is 1040 g/mol. The zero-order valence-electron chi connectivity index (χ0n) is 50.1. The number of hydrogen-bond donors (Lipinski definition) is 3. The van der Waals surface area contributed by atoms with Crippen molar-refractivity contribution in [3.05, 3.63) is 0 Å². The summed E-state index contributed by atoms with van der Waals surface area (Å²) in [5, 5.41) is 10.5. The van der Waals surface area contributed by atoms with Crippen molar-refractivity contribution in [3.8, 4) is 0 Å². The Morgan fingerprint density at radius 3 is 0.872 bits per heavy atom. The summed E-state index contributed by atoms with van der Waals surface area (Å²) in [6.45, 7) is 11.5. The maximum atomic E-state index is 12.9. The third-order valence-corrected chi connectivity index (χ3v) is 15.3. The maximum absolute atomic E-state index is 12.9. The van der Waals surface area contributed by atoms with E-state index in [1.54, 1.807) is 0 Å². The Morgan fingerprint density at radius 1 is 0.346 bits per heavy atom. The van der Waals surface area contributed by atoms with E-state index in [1.807, 2.05) is 0 Å². The molecule has 0 aromatic carbocycles. The number of hydrogen-bond acceptors (Lipinski definition) is 15. The monoisotopic (exact) mass is 1160 g/mol. The van der Waals surface area contributed by atoms with Gasteiger partial charge in [-0.05, 0) is 43.4 Å². The first-order chi connectivity index (χ1) is 37.2. The van der Waals surface area contributed by atoms with E-state index in [0.29, 0.717) is 37.5 Å². The third kappa shape index (κ3) is 53.4. The Balaban J connectivity index is 5.24. The van der Waals surface area contributed by atoms with E-state index in [0.717, 1.165) is 102 Å². The molecule has 0 aromatic heterocycles. The quantitative estimate of drug-likeness (QED) is 0.0222. The topological polar surface area (TPSA) is 237 Å². The first-order valence-electron chi connectivity index (χ1n) is 30.8. The minimum Gasteiger partial charge on any atom is -0.462 e. The molecule has 0 radical (unpaired) electrons. The van der Waals surface area contributed by atoms with Crippen LogP contribution in [0.25, 0.3) is 0 Å². The first-order valence-corrected chi connectivity index (χ1v) is 33.8. The number of aliphatic hydroxyl groups is 1. The van der Waals surface area contributed by atoms with Crippen LogP contribution in [0.5, 0.6) is 0 Å². The Morgan fingerprint density at radius 2 is 0.590 bits per heavy atom. The lowest BCUT2D eigenvalue weighted by atomic mass is 10.0. The van der Waals surface area contributed by atoms with Crippen molar-refractivity contribution < 1.29 is 80.2 Å². The van der Waals surface area contributed by atoms with Gasteiger partial charge in [0.1, 0.15) is 19.3 Å². The summed E-state index contributed by atoms with van der Waals surface area (Å²) in [5.74, 6) is -0.0838. The fourth-order valence-electron chi connectivity index (χ4n) is 8.60. The average molecular weight is 1160 g/mol. The highest BCUT2D eigenvalue weighted by molar-refractivity contribution is 7.47. The number of ether oxygens (including phenoxy) is 4. The molecule has 0 amide bonds. The summed E-state index contributed by atoms with van der Waals surface area (Å²) in [5.41, 5.74) is 0. The SMILES string of the molecule is CCCCCCCCCCCC(=O)OC[C@H](COP(=O)(O)OC[C@H](O)COP(=O)(O)OC[C@@H](COC(=O)CCCCCCCCC(C)C)OC(=O)CCCCCCCCCCC(C)C)OC(=O)CCCCCCCCC(C)C. The van der Waals surface area contributed by atoms with E-state index in [1.165, 1.54) is 83.5 Å². The Hall–Kier alpha value is -1.94. The van der Waals surface area contributed by atoms with E-state index in [2.05, 4.69) is 48.5 Å². The molecule has 3 N–H and O–H groups in total. The van der Waals surface area contributed by atoms with Gasteiger partial charge in [-0.15, -0.1) is 0 Å². The molecule has 17 nitrogen and oxygen atoms in total. The van der Waals surface area contributed by atoms with Gasteiger partial charge in [0.2, 0.25) is 0 Å². The van der Waals surface area contributed by atoms with Crippen LogP contribution in [0.4, 0.5) is 0 Å². The van der Waals surface area contributed by atoms with E-state index in [9.17, 15) is 43.2 Å². The number of rotatable bonds is 57. The fourth-order valence-corrected chi connectivity index (χ4v) is 10.2. The van der Waals surface area contributed by atoms with Gasteiger partial charge in [-0.2, -0.15) is 0 Å². The number of aliphatic hydroxyl groups excluding tert-OH is 1. The molecule has 0 fully saturated rings. The van der Waals surface area contributed by atoms with Crippen LogP contribution >= 0.6 is 15.6 Å². The lowest BCUT2D eigenvalue weighted by Crippen LogP contribution is -2.30. The second-order valence-corrected chi connectivity index (χ2v) is 25.7. The van der Waals surface area contributed by atoms with E-state index in [-0.39, 0.29) is 25.7 Å². The van der Waals surface area contributed by atoms with Crippen LogP contribution in [0.2, 0.25) is 0 Å². The largest absolute Gasteiger partial charge is 0.472 e. The van der Waals surface area contributed by atoms with Crippen molar-refractivity contribution in [1.29, 1.82) is 0 Å². The molecule has 0 saturated heterocycles. The van der Waals surface area contributed by atoms with Gasteiger partial charge in [0.05, 0.1) is 26.4 Å². The highest BCUT2D eigenvalue weighted by Crippen LogP contribution is 2.45. The first kappa shape index (κ1) is 76.1. The van der Waals surface area contributed by atoms with Gasteiger partial charge >= 0.3 is 39.5 Å². The molecule has 0 aliphatic carbocycles. The van der Waals surface area contributed by atoms with Crippen LogP contribution in [-0.2, 0) is 65.4 Å². The van der Waals surface area contributed by atoms with Crippen molar-refractivity contribution in [2.75, 3.05) is 39.6 Å². The molecule has 0 rings (SSSR count). The van der Waals surface area contributed by atoms with Gasteiger partial charge < -0.3 is 33.8 Å². The van der Waals surface area contributed by atoms with Crippen molar-refractivity contribution in [3.63, 3.8) is 0 Å². The summed E-state index contributed by atoms with van der Waals surface area (Å²) >= 11 is 0. The Kier molecular flexibility index (Phi) is 49.5. The number of carbonyl (C=O) groups is 4. The number of carbonyl (C=O) groups excluding carboxylic acids is 4. The van der Waals surface area contributed by atoms with Gasteiger partial charge in [-0.1, -0.05) is 228 Å². The van der Waals surface area contributed by atoms with Gasteiger partial charge in [-0.25, -0.2) is 9.13 Å². The average Bonchev–Trinajstić information content (AvgIpc) is 3.38. The molecule has 5 atom stereocenters. The lowest BCUT2D eigenvalue weighted by Gasteiger charge is -2.21. The zero-order chi connectivity index (χ0) is 58.1. The number of phosphoric acid groups is 2.